The number of carbonyl (C=O) groups is 1. The third kappa shape index (κ3) is 5.71. The Labute approximate surface area is 107 Å². The van der Waals surface area contributed by atoms with Crippen molar-refractivity contribution in [1.29, 1.82) is 5.41 Å². The predicted molar refractivity (Wildman–Crippen MR) is 65.3 cm³/mol. The van der Waals surface area contributed by atoms with Crippen LogP contribution < -0.4 is 11.1 Å². The average molecular weight is 271 g/mol. The zero-order chi connectivity index (χ0) is 14.5. The van der Waals surface area contributed by atoms with Crippen LogP contribution in [0.1, 0.15) is 11.1 Å². The number of alkyl halides is 3. The summed E-state index contributed by atoms with van der Waals surface area (Å²) in [6, 6.07) is 5.88. The molecule has 1 rings (SSSR count). The molecule has 0 heterocycles. The Hall–Kier alpha value is -2.31. The molecule has 7 heteroatoms. The van der Waals surface area contributed by atoms with Crippen LogP contribution in [0.5, 0.6) is 0 Å². The van der Waals surface area contributed by atoms with Gasteiger partial charge in [0.2, 0.25) is 0 Å². The molecule has 1 aromatic carbocycles. The minimum Gasteiger partial charge on any atom is -0.370 e. The molecule has 0 aromatic heterocycles. The zero-order valence-corrected chi connectivity index (χ0v) is 9.79. The Balaban J connectivity index is 2.86. The second-order valence-corrected chi connectivity index (χ2v) is 3.73. The summed E-state index contributed by atoms with van der Waals surface area (Å²) in [6.07, 6.45) is -3.11. The highest BCUT2D eigenvalue weighted by Gasteiger charge is 2.28. The van der Waals surface area contributed by atoms with Crippen molar-refractivity contribution in [3.8, 4) is 0 Å². The molecule has 0 bridgehead atoms. The molecule has 0 spiro atoms. The summed E-state index contributed by atoms with van der Waals surface area (Å²) in [5.41, 5.74) is 5.31. The molecule has 102 valence electrons. The third-order valence-corrected chi connectivity index (χ3v) is 2.12. The Bertz CT molecular complexity index is 509. The number of nitrogens with one attached hydrogen (secondary N) is 2. The van der Waals surface area contributed by atoms with Gasteiger partial charge in [-0.15, -0.1) is 0 Å². The summed E-state index contributed by atoms with van der Waals surface area (Å²) >= 11 is 0. The zero-order valence-electron chi connectivity index (χ0n) is 9.79. The third-order valence-electron chi connectivity index (χ3n) is 2.12. The topological polar surface area (TPSA) is 79.0 Å². The van der Waals surface area contributed by atoms with Crippen molar-refractivity contribution in [3.05, 3.63) is 41.5 Å². The Morgan fingerprint density at radius 1 is 1.37 bits per heavy atom. The Kier molecular flexibility index (Phi) is 4.68. The fraction of sp³-hybridized carbons (Fsp3) is 0.167. The number of nitrogens with two attached hydrogens (primary N) is 1. The van der Waals surface area contributed by atoms with Gasteiger partial charge >= 0.3 is 6.18 Å². The quantitative estimate of drug-likeness (QED) is 0.445. The smallest absolute Gasteiger partial charge is 0.370 e. The van der Waals surface area contributed by atoms with Crippen LogP contribution >= 0.6 is 0 Å². The molecule has 0 saturated carbocycles. The molecule has 0 fully saturated rings. The van der Waals surface area contributed by atoms with Gasteiger partial charge in [0.1, 0.15) is 0 Å². The minimum absolute atomic E-state index is 0.0712. The molecule has 0 aliphatic carbocycles. The van der Waals surface area contributed by atoms with Crippen LogP contribution in [0.4, 0.5) is 13.2 Å². The van der Waals surface area contributed by atoms with Crippen molar-refractivity contribution < 1.29 is 18.0 Å². The van der Waals surface area contributed by atoms with E-state index in [1.807, 2.05) is 5.32 Å². The first-order chi connectivity index (χ1) is 8.78. The van der Waals surface area contributed by atoms with Crippen molar-refractivity contribution in [2.45, 2.75) is 12.6 Å². The molecule has 0 atom stereocenters. The van der Waals surface area contributed by atoms with E-state index in [1.54, 1.807) is 6.07 Å². The van der Waals surface area contributed by atoms with E-state index in [9.17, 15) is 18.0 Å². The summed E-state index contributed by atoms with van der Waals surface area (Å²) < 4.78 is 37.0. The molecular weight excluding hydrogens is 259 g/mol. The highest BCUT2D eigenvalue weighted by molar-refractivity contribution is 6.02. The van der Waals surface area contributed by atoms with Gasteiger partial charge < -0.3 is 5.73 Å². The SMILES string of the molecule is N=C(N)NC(=O)C=Cc1ccccc1CC(F)(F)F. The molecule has 4 N–H and O–H groups in total. The van der Waals surface area contributed by atoms with Gasteiger partial charge in [0, 0.05) is 6.08 Å². The molecule has 1 amide bonds. The number of hydrogen-bond acceptors (Lipinski definition) is 2. The van der Waals surface area contributed by atoms with E-state index < -0.39 is 24.5 Å². The van der Waals surface area contributed by atoms with Crippen molar-refractivity contribution in [3.63, 3.8) is 0 Å². The molecule has 0 radical (unpaired) electrons. The van der Waals surface area contributed by atoms with Crippen LogP contribution in [0.2, 0.25) is 0 Å². The number of guanidine groups is 1. The van der Waals surface area contributed by atoms with E-state index in [1.165, 1.54) is 24.3 Å². The number of benzene rings is 1. The lowest BCUT2D eigenvalue weighted by Gasteiger charge is -2.09. The summed E-state index contributed by atoms with van der Waals surface area (Å²) in [7, 11) is 0. The van der Waals surface area contributed by atoms with Crippen molar-refractivity contribution in [1.82, 2.24) is 5.32 Å². The standard InChI is InChI=1S/C12H12F3N3O/c13-12(14,15)7-9-4-2-1-3-8(9)5-6-10(19)18-11(16)17/h1-6H,7H2,(H4,16,17,18,19). The van der Waals surface area contributed by atoms with Gasteiger partial charge in [-0.1, -0.05) is 24.3 Å². The fourth-order valence-electron chi connectivity index (χ4n) is 1.41. The first kappa shape index (κ1) is 14.7. The van der Waals surface area contributed by atoms with Crippen LogP contribution in [-0.4, -0.2) is 18.0 Å². The number of carbonyl (C=O) groups excluding carboxylic acids is 1. The van der Waals surface area contributed by atoms with Gasteiger partial charge in [-0.2, -0.15) is 13.2 Å². The second-order valence-electron chi connectivity index (χ2n) is 3.73. The molecular formula is C12H12F3N3O. The van der Waals surface area contributed by atoms with E-state index in [2.05, 4.69) is 0 Å². The van der Waals surface area contributed by atoms with Gasteiger partial charge in [0.15, 0.2) is 5.96 Å². The number of halogens is 3. The Morgan fingerprint density at radius 2 is 2.00 bits per heavy atom. The normalized spacial score (nSPS) is 11.5. The van der Waals surface area contributed by atoms with Crippen LogP contribution in [0.25, 0.3) is 6.08 Å². The van der Waals surface area contributed by atoms with E-state index in [-0.39, 0.29) is 5.56 Å². The van der Waals surface area contributed by atoms with Crippen LogP contribution in [-0.2, 0) is 11.2 Å². The molecule has 0 saturated heterocycles. The first-order valence-electron chi connectivity index (χ1n) is 5.25. The maximum absolute atomic E-state index is 12.3. The highest BCUT2D eigenvalue weighted by atomic mass is 19.4. The average Bonchev–Trinajstić information content (AvgIpc) is 2.25. The van der Waals surface area contributed by atoms with Crippen molar-refractivity contribution in [2.24, 2.45) is 5.73 Å². The van der Waals surface area contributed by atoms with Crippen molar-refractivity contribution in [2.75, 3.05) is 0 Å². The number of rotatable bonds is 3. The molecule has 0 aliphatic rings. The Morgan fingerprint density at radius 3 is 2.58 bits per heavy atom. The molecule has 0 unspecified atom stereocenters. The van der Waals surface area contributed by atoms with Gasteiger partial charge in [-0.05, 0) is 17.2 Å². The largest absolute Gasteiger partial charge is 0.393 e. The lowest BCUT2D eigenvalue weighted by Crippen LogP contribution is -2.34. The van der Waals surface area contributed by atoms with E-state index in [0.29, 0.717) is 5.56 Å². The molecule has 4 nitrogen and oxygen atoms in total. The van der Waals surface area contributed by atoms with Crippen LogP contribution in [0.15, 0.2) is 30.3 Å². The first-order valence-corrected chi connectivity index (χ1v) is 5.25. The van der Waals surface area contributed by atoms with Crippen molar-refractivity contribution >= 4 is 17.9 Å². The summed E-state index contributed by atoms with van der Waals surface area (Å²) in [6.45, 7) is 0. The van der Waals surface area contributed by atoms with Gasteiger partial charge in [-0.25, -0.2) is 0 Å². The predicted octanol–water partition coefficient (Wildman–Crippen LogP) is 1.81. The summed E-state index contributed by atoms with van der Waals surface area (Å²) in [4.78, 5) is 11.2. The van der Waals surface area contributed by atoms with Gasteiger partial charge in [-0.3, -0.25) is 15.5 Å². The monoisotopic (exact) mass is 271 g/mol. The number of hydrogen-bond donors (Lipinski definition) is 3. The second kappa shape index (κ2) is 6.03. The lowest BCUT2D eigenvalue weighted by molar-refractivity contribution is -0.127. The van der Waals surface area contributed by atoms with Crippen LogP contribution in [0, 0.1) is 5.41 Å². The van der Waals surface area contributed by atoms with E-state index in [0.717, 1.165) is 6.08 Å². The molecule has 19 heavy (non-hydrogen) atoms. The fourth-order valence-corrected chi connectivity index (χ4v) is 1.41. The van der Waals surface area contributed by atoms with Crippen LogP contribution in [0.3, 0.4) is 0 Å². The van der Waals surface area contributed by atoms with E-state index in [4.69, 9.17) is 11.1 Å². The van der Waals surface area contributed by atoms with Gasteiger partial charge in [0.25, 0.3) is 5.91 Å². The molecule has 0 aliphatic heterocycles. The van der Waals surface area contributed by atoms with E-state index >= 15 is 0 Å². The lowest BCUT2D eigenvalue weighted by atomic mass is 10.0. The summed E-state index contributed by atoms with van der Waals surface area (Å²) in [5.74, 6) is -1.20. The summed E-state index contributed by atoms with van der Waals surface area (Å²) in [5, 5.41) is 8.83. The maximum Gasteiger partial charge on any atom is 0.393 e. The minimum atomic E-state index is -4.31. The molecule has 1 aromatic rings. The number of amides is 1. The van der Waals surface area contributed by atoms with Gasteiger partial charge in [0.05, 0.1) is 6.42 Å². The maximum atomic E-state index is 12.3. The highest BCUT2D eigenvalue weighted by Crippen LogP contribution is 2.23.